The largest absolute Gasteiger partial charge is 0.381 e. The van der Waals surface area contributed by atoms with Gasteiger partial charge in [0, 0.05) is 49.4 Å². The predicted molar refractivity (Wildman–Crippen MR) is 120 cm³/mol. The van der Waals surface area contributed by atoms with Gasteiger partial charge in [-0.2, -0.15) is 0 Å². The van der Waals surface area contributed by atoms with Crippen LogP contribution in [0.15, 0.2) is 24.3 Å². The highest BCUT2D eigenvalue weighted by Crippen LogP contribution is 2.34. The molecule has 0 aliphatic carbocycles. The number of piperidine rings is 1. The molecule has 2 fully saturated rings. The van der Waals surface area contributed by atoms with Gasteiger partial charge in [-0.15, -0.1) is 0 Å². The standard InChI is InChI=1S/C25H31FN4O2/c1-17-22-8-9-23(31)30(15-18-4-6-20(26)7-5-18)25(22)28-24(27-17)19-3-2-12-29(16-19)21-10-13-32-14-11-21/h4-7,19,21H,2-3,8-16H2,1H3/t19-/m0/s1. The van der Waals surface area contributed by atoms with Crippen LogP contribution in [-0.2, 0) is 22.5 Å². The Balaban J connectivity index is 1.41. The number of carbonyl (C=O) groups is 1. The average molecular weight is 439 g/mol. The molecule has 0 radical (unpaired) electrons. The predicted octanol–water partition coefficient (Wildman–Crippen LogP) is 3.76. The first-order chi connectivity index (χ1) is 15.6. The Labute approximate surface area is 188 Å². The van der Waals surface area contributed by atoms with Crippen LogP contribution in [0.1, 0.15) is 60.7 Å². The van der Waals surface area contributed by atoms with Gasteiger partial charge in [0.2, 0.25) is 5.91 Å². The Morgan fingerprint density at radius 2 is 1.88 bits per heavy atom. The zero-order chi connectivity index (χ0) is 22.1. The van der Waals surface area contributed by atoms with Gasteiger partial charge in [-0.3, -0.25) is 14.6 Å². The summed E-state index contributed by atoms with van der Waals surface area (Å²) < 4.78 is 18.9. The van der Waals surface area contributed by atoms with Crippen molar-refractivity contribution in [2.75, 3.05) is 31.2 Å². The number of likely N-dealkylation sites (tertiary alicyclic amines) is 1. The Bertz CT molecular complexity index is 975. The third-order valence-corrected chi connectivity index (χ3v) is 7.13. The van der Waals surface area contributed by atoms with Crippen molar-refractivity contribution >= 4 is 11.7 Å². The summed E-state index contributed by atoms with van der Waals surface area (Å²) in [6.45, 7) is 6.23. The molecule has 32 heavy (non-hydrogen) atoms. The van der Waals surface area contributed by atoms with E-state index in [0.717, 1.165) is 80.4 Å². The lowest BCUT2D eigenvalue weighted by atomic mass is 9.93. The molecule has 0 saturated carbocycles. The maximum atomic E-state index is 13.3. The summed E-state index contributed by atoms with van der Waals surface area (Å²) in [5.41, 5.74) is 2.94. The van der Waals surface area contributed by atoms with Crippen LogP contribution in [0.25, 0.3) is 0 Å². The third-order valence-electron chi connectivity index (χ3n) is 7.13. The highest BCUT2D eigenvalue weighted by atomic mass is 19.1. The summed E-state index contributed by atoms with van der Waals surface area (Å²) in [7, 11) is 0. The molecule has 0 unspecified atom stereocenters. The number of anilines is 1. The number of nitrogens with zero attached hydrogens (tertiary/aromatic N) is 4. The van der Waals surface area contributed by atoms with E-state index < -0.39 is 0 Å². The van der Waals surface area contributed by atoms with Gasteiger partial charge in [0.1, 0.15) is 17.5 Å². The van der Waals surface area contributed by atoms with Crippen LogP contribution in [0.2, 0.25) is 0 Å². The molecule has 5 rings (SSSR count). The van der Waals surface area contributed by atoms with Crippen molar-refractivity contribution in [2.45, 2.75) is 64.0 Å². The molecule has 1 aromatic carbocycles. The number of rotatable bonds is 4. The van der Waals surface area contributed by atoms with E-state index in [0.29, 0.717) is 25.4 Å². The number of aryl methyl sites for hydroxylation is 1. The van der Waals surface area contributed by atoms with E-state index in [9.17, 15) is 9.18 Å². The molecule has 0 N–H and O–H groups in total. The van der Waals surface area contributed by atoms with Gasteiger partial charge in [-0.1, -0.05) is 12.1 Å². The lowest BCUT2D eigenvalue weighted by Gasteiger charge is -2.39. The molecule has 1 aromatic heterocycles. The van der Waals surface area contributed by atoms with Crippen LogP contribution in [0.5, 0.6) is 0 Å². The first kappa shape index (κ1) is 21.5. The minimum atomic E-state index is -0.272. The number of hydrogen-bond acceptors (Lipinski definition) is 5. The number of benzene rings is 1. The minimum Gasteiger partial charge on any atom is -0.381 e. The SMILES string of the molecule is Cc1nc([C@H]2CCCN(C3CCOCC3)C2)nc2c1CCC(=O)N2Cc1ccc(F)cc1. The van der Waals surface area contributed by atoms with Gasteiger partial charge >= 0.3 is 0 Å². The number of halogens is 1. The van der Waals surface area contributed by atoms with E-state index >= 15 is 0 Å². The summed E-state index contributed by atoms with van der Waals surface area (Å²) in [6.07, 6.45) is 5.54. The highest BCUT2D eigenvalue weighted by Gasteiger charge is 2.32. The van der Waals surface area contributed by atoms with Crippen LogP contribution < -0.4 is 4.90 Å². The monoisotopic (exact) mass is 438 g/mol. The van der Waals surface area contributed by atoms with Crippen LogP contribution in [0.3, 0.4) is 0 Å². The maximum absolute atomic E-state index is 13.3. The highest BCUT2D eigenvalue weighted by molar-refractivity contribution is 5.95. The summed E-state index contributed by atoms with van der Waals surface area (Å²) in [6, 6.07) is 6.93. The molecule has 1 amide bonds. The normalized spacial score (nSPS) is 22.8. The molecular formula is C25H31FN4O2. The van der Waals surface area contributed by atoms with Gasteiger partial charge in [0.05, 0.1) is 6.54 Å². The van der Waals surface area contributed by atoms with E-state index in [-0.39, 0.29) is 17.6 Å². The van der Waals surface area contributed by atoms with Gasteiger partial charge < -0.3 is 4.74 Å². The number of amides is 1. The van der Waals surface area contributed by atoms with Gasteiger partial charge in [-0.25, -0.2) is 14.4 Å². The fourth-order valence-electron chi connectivity index (χ4n) is 5.32. The summed E-state index contributed by atoms with van der Waals surface area (Å²) in [5.74, 6) is 1.68. The summed E-state index contributed by atoms with van der Waals surface area (Å²) in [4.78, 5) is 27.1. The van der Waals surface area contributed by atoms with Crippen molar-refractivity contribution in [1.82, 2.24) is 14.9 Å². The molecular weight excluding hydrogens is 407 g/mol. The zero-order valence-electron chi connectivity index (χ0n) is 18.7. The fourth-order valence-corrected chi connectivity index (χ4v) is 5.32. The lowest BCUT2D eigenvalue weighted by molar-refractivity contribution is -0.119. The molecule has 3 aliphatic heterocycles. The van der Waals surface area contributed by atoms with Crippen LogP contribution in [0.4, 0.5) is 10.2 Å². The second kappa shape index (κ2) is 9.24. The molecule has 4 heterocycles. The number of fused-ring (bicyclic) bond motifs is 1. The number of carbonyl (C=O) groups excluding carboxylic acids is 1. The molecule has 3 aliphatic rings. The summed E-state index contributed by atoms with van der Waals surface area (Å²) in [5, 5.41) is 0. The third kappa shape index (κ3) is 4.41. The molecule has 0 spiro atoms. The number of ether oxygens (including phenoxy) is 1. The van der Waals surface area contributed by atoms with Gasteiger partial charge in [0.25, 0.3) is 0 Å². The molecule has 7 heteroatoms. The lowest BCUT2D eigenvalue weighted by Crippen LogP contribution is -2.45. The first-order valence-corrected chi connectivity index (χ1v) is 11.8. The number of aromatic nitrogens is 2. The van der Waals surface area contributed by atoms with E-state index in [1.807, 2.05) is 6.92 Å². The topological polar surface area (TPSA) is 58.6 Å². The molecule has 170 valence electrons. The van der Waals surface area contributed by atoms with Gasteiger partial charge in [0.15, 0.2) is 0 Å². The van der Waals surface area contributed by atoms with Crippen molar-refractivity contribution < 1.29 is 13.9 Å². The zero-order valence-corrected chi connectivity index (χ0v) is 18.7. The average Bonchev–Trinajstić information content (AvgIpc) is 2.83. The van der Waals surface area contributed by atoms with Crippen LogP contribution in [-0.4, -0.2) is 53.1 Å². The van der Waals surface area contributed by atoms with Crippen LogP contribution >= 0.6 is 0 Å². The minimum absolute atomic E-state index is 0.0679. The maximum Gasteiger partial charge on any atom is 0.228 e. The first-order valence-electron chi connectivity index (χ1n) is 11.8. The molecule has 6 nitrogen and oxygen atoms in total. The smallest absolute Gasteiger partial charge is 0.228 e. The number of hydrogen-bond donors (Lipinski definition) is 0. The molecule has 1 atom stereocenters. The van der Waals surface area contributed by atoms with Crippen LogP contribution in [0, 0.1) is 12.7 Å². The van der Waals surface area contributed by atoms with Gasteiger partial charge in [-0.05, 0) is 63.3 Å². The van der Waals surface area contributed by atoms with Crippen molar-refractivity contribution in [3.8, 4) is 0 Å². The van der Waals surface area contributed by atoms with Crippen molar-refractivity contribution in [1.29, 1.82) is 0 Å². The molecule has 0 bridgehead atoms. The second-order valence-electron chi connectivity index (χ2n) is 9.25. The Morgan fingerprint density at radius 3 is 2.66 bits per heavy atom. The molecule has 2 saturated heterocycles. The van der Waals surface area contributed by atoms with E-state index in [4.69, 9.17) is 14.7 Å². The second-order valence-corrected chi connectivity index (χ2v) is 9.25. The summed E-state index contributed by atoms with van der Waals surface area (Å²) >= 11 is 0. The van der Waals surface area contributed by atoms with E-state index in [1.54, 1.807) is 17.0 Å². The Kier molecular flexibility index (Phi) is 6.20. The van der Waals surface area contributed by atoms with Crippen molar-refractivity contribution in [3.63, 3.8) is 0 Å². The van der Waals surface area contributed by atoms with E-state index in [1.165, 1.54) is 12.1 Å². The quantitative estimate of drug-likeness (QED) is 0.728. The van der Waals surface area contributed by atoms with Crippen molar-refractivity contribution in [3.05, 3.63) is 52.7 Å². The van der Waals surface area contributed by atoms with E-state index in [2.05, 4.69) is 4.90 Å². The Hall–Kier alpha value is -2.38. The Morgan fingerprint density at radius 1 is 1.09 bits per heavy atom. The fraction of sp³-hybridized carbons (Fsp3) is 0.560. The molecule has 2 aromatic rings. The van der Waals surface area contributed by atoms with Crippen molar-refractivity contribution in [2.24, 2.45) is 0 Å².